The van der Waals surface area contributed by atoms with Crippen LogP contribution in [-0.2, 0) is 11.3 Å². The van der Waals surface area contributed by atoms with Crippen LogP contribution in [0.1, 0.15) is 25.0 Å². The van der Waals surface area contributed by atoms with E-state index in [2.05, 4.69) is 22.4 Å². The van der Waals surface area contributed by atoms with Gasteiger partial charge < -0.3 is 5.32 Å². The van der Waals surface area contributed by atoms with Gasteiger partial charge in [0.25, 0.3) is 0 Å². The number of amides is 1. The number of nitrogens with one attached hydrogen (secondary N) is 1. The van der Waals surface area contributed by atoms with Crippen molar-refractivity contribution >= 4 is 40.8 Å². The summed E-state index contributed by atoms with van der Waals surface area (Å²) in [4.78, 5) is 12.1. The lowest BCUT2D eigenvalue weighted by Crippen LogP contribution is -2.30. The Bertz CT molecular complexity index is 613. The Balaban J connectivity index is 1.82. The molecule has 1 atom stereocenters. The molecular formula is C15H19N3OS3. The first-order valence-electron chi connectivity index (χ1n) is 7.04. The van der Waals surface area contributed by atoms with E-state index in [1.165, 1.54) is 17.3 Å². The third kappa shape index (κ3) is 5.30. The smallest absolute Gasteiger partial charge is 0.233 e. The highest BCUT2D eigenvalue weighted by Crippen LogP contribution is 2.31. The molecule has 0 radical (unpaired) electrons. The van der Waals surface area contributed by atoms with E-state index in [4.69, 9.17) is 0 Å². The summed E-state index contributed by atoms with van der Waals surface area (Å²) in [5, 5.41) is 11.0. The Morgan fingerprint density at radius 3 is 2.64 bits per heavy atom. The lowest BCUT2D eigenvalue weighted by atomic mass is 10.1. The number of carbonyl (C=O) groups excluding carboxylic acids is 1. The molecule has 2 aromatic rings. The Hall–Kier alpha value is -1.05. The average Bonchev–Trinajstić information content (AvgIpc) is 2.94. The molecule has 1 aromatic heterocycles. The van der Waals surface area contributed by atoms with Crippen molar-refractivity contribution in [2.24, 2.45) is 0 Å². The number of hydrogen-bond acceptors (Lipinski definition) is 6. The Morgan fingerprint density at radius 1 is 1.27 bits per heavy atom. The molecule has 4 nitrogen and oxygen atoms in total. The molecule has 0 saturated heterocycles. The van der Waals surface area contributed by atoms with Gasteiger partial charge in [-0.15, -0.1) is 10.2 Å². The standard InChI is InChI=1S/C15H19N3OS3/c1-4-20-14-17-18-15(22-14)21-11(3)13(19)16-9-12-7-5-10(2)6-8-12/h5-8,11H,4,9H2,1-3H3,(H,16,19)/t11-/m0/s1. The van der Waals surface area contributed by atoms with Crippen LogP contribution in [0.25, 0.3) is 0 Å². The third-order valence-electron chi connectivity index (χ3n) is 2.89. The summed E-state index contributed by atoms with van der Waals surface area (Å²) in [6.07, 6.45) is 0. The molecule has 1 N–H and O–H groups in total. The van der Waals surface area contributed by atoms with Crippen molar-refractivity contribution in [2.75, 3.05) is 5.75 Å². The van der Waals surface area contributed by atoms with Gasteiger partial charge in [-0.25, -0.2) is 0 Å². The van der Waals surface area contributed by atoms with E-state index in [-0.39, 0.29) is 11.2 Å². The van der Waals surface area contributed by atoms with E-state index in [1.54, 1.807) is 23.1 Å². The number of aromatic nitrogens is 2. The minimum atomic E-state index is -0.183. The number of hydrogen-bond donors (Lipinski definition) is 1. The van der Waals surface area contributed by atoms with Crippen LogP contribution in [0.15, 0.2) is 32.9 Å². The van der Waals surface area contributed by atoms with Gasteiger partial charge in [-0.1, -0.05) is 71.6 Å². The second-order valence-electron chi connectivity index (χ2n) is 4.73. The summed E-state index contributed by atoms with van der Waals surface area (Å²) in [5.41, 5.74) is 2.32. The molecule has 0 aliphatic carbocycles. The van der Waals surface area contributed by atoms with Crippen molar-refractivity contribution in [2.45, 2.75) is 41.2 Å². The van der Waals surface area contributed by atoms with Crippen molar-refractivity contribution < 1.29 is 4.79 Å². The number of aryl methyl sites for hydroxylation is 1. The van der Waals surface area contributed by atoms with Gasteiger partial charge >= 0.3 is 0 Å². The molecule has 0 unspecified atom stereocenters. The van der Waals surface area contributed by atoms with E-state index in [0.29, 0.717) is 6.54 Å². The summed E-state index contributed by atoms with van der Waals surface area (Å²) in [6, 6.07) is 8.17. The third-order valence-corrected chi connectivity index (χ3v) is 6.01. The number of benzene rings is 1. The minimum absolute atomic E-state index is 0.0190. The topological polar surface area (TPSA) is 54.9 Å². The fraction of sp³-hybridized carbons (Fsp3) is 0.400. The van der Waals surface area contributed by atoms with Crippen molar-refractivity contribution in [1.29, 1.82) is 0 Å². The predicted molar refractivity (Wildman–Crippen MR) is 94.7 cm³/mol. The monoisotopic (exact) mass is 353 g/mol. The molecule has 2 rings (SSSR count). The molecule has 1 aromatic carbocycles. The van der Waals surface area contributed by atoms with Gasteiger partial charge in [0.05, 0.1) is 5.25 Å². The molecule has 0 aliphatic rings. The molecule has 118 valence electrons. The van der Waals surface area contributed by atoms with Crippen LogP contribution in [0.3, 0.4) is 0 Å². The van der Waals surface area contributed by atoms with Crippen LogP contribution >= 0.6 is 34.9 Å². The highest BCUT2D eigenvalue weighted by molar-refractivity contribution is 8.03. The van der Waals surface area contributed by atoms with Gasteiger partial charge in [0, 0.05) is 6.54 Å². The van der Waals surface area contributed by atoms with Crippen LogP contribution in [0.4, 0.5) is 0 Å². The van der Waals surface area contributed by atoms with Crippen LogP contribution in [0.2, 0.25) is 0 Å². The molecular weight excluding hydrogens is 334 g/mol. The van der Waals surface area contributed by atoms with Crippen molar-refractivity contribution in [1.82, 2.24) is 15.5 Å². The van der Waals surface area contributed by atoms with Gasteiger partial charge in [-0.05, 0) is 25.2 Å². The number of rotatable bonds is 7. The second kappa shape index (κ2) is 8.55. The van der Waals surface area contributed by atoms with E-state index in [9.17, 15) is 4.79 Å². The Morgan fingerprint density at radius 2 is 1.95 bits per heavy atom. The number of nitrogens with zero attached hydrogens (tertiary/aromatic N) is 2. The minimum Gasteiger partial charge on any atom is -0.351 e. The van der Waals surface area contributed by atoms with Crippen LogP contribution < -0.4 is 5.32 Å². The summed E-state index contributed by atoms with van der Waals surface area (Å²) >= 11 is 4.67. The Kier molecular flexibility index (Phi) is 6.72. The molecule has 7 heteroatoms. The van der Waals surface area contributed by atoms with Crippen molar-refractivity contribution in [3.05, 3.63) is 35.4 Å². The van der Waals surface area contributed by atoms with Gasteiger partial charge in [0.2, 0.25) is 5.91 Å². The second-order valence-corrected chi connectivity index (χ2v) is 8.81. The fourth-order valence-electron chi connectivity index (χ4n) is 1.67. The van der Waals surface area contributed by atoms with Gasteiger partial charge in [0.1, 0.15) is 0 Å². The average molecular weight is 354 g/mol. The van der Waals surface area contributed by atoms with Crippen molar-refractivity contribution in [3.63, 3.8) is 0 Å². The first kappa shape index (κ1) is 17.3. The molecule has 1 heterocycles. The maximum atomic E-state index is 12.1. The van der Waals surface area contributed by atoms with Crippen LogP contribution in [0, 0.1) is 6.92 Å². The zero-order valence-corrected chi connectivity index (χ0v) is 15.3. The zero-order valence-electron chi connectivity index (χ0n) is 12.8. The maximum Gasteiger partial charge on any atom is 0.233 e. The summed E-state index contributed by atoms with van der Waals surface area (Å²) in [5.74, 6) is 0.997. The van der Waals surface area contributed by atoms with E-state index >= 15 is 0 Å². The molecule has 22 heavy (non-hydrogen) atoms. The Labute approximate surface area is 143 Å². The van der Waals surface area contributed by atoms with E-state index in [0.717, 1.165) is 20.0 Å². The summed E-state index contributed by atoms with van der Waals surface area (Å²) < 4.78 is 1.80. The lowest BCUT2D eigenvalue weighted by molar-refractivity contribution is -0.120. The quantitative estimate of drug-likeness (QED) is 0.768. The van der Waals surface area contributed by atoms with Gasteiger partial charge in [-0.2, -0.15) is 0 Å². The van der Waals surface area contributed by atoms with Gasteiger partial charge in [0.15, 0.2) is 8.68 Å². The van der Waals surface area contributed by atoms with Crippen LogP contribution in [0.5, 0.6) is 0 Å². The van der Waals surface area contributed by atoms with Crippen LogP contribution in [-0.4, -0.2) is 27.1 Å². The normalized spacial score (nSPS) is 12.1. The lowest BCUT2D eigenvalue weighted by Gasteiger charge is -2.10. The van der Waals surface area contributed by atoms with E-state index < -0.39 is 0 Å². The predicted octanol–water partition coefficient (Wildman–Crippen LogP) is 3.76. The largest absolute Gasteiger partial charge is 0.351 e. The number of carbonyl (C=O) groups is 1. The highest BCUT2D eigenvalue weighted by atomic mass is 32.2. The molecule has 1 amide bonds. The summed E-state index contributed by atoms with van der Waals surface area (Å²) in [7, 11) is 0. The first-order chi connectivity index (χ1) is 10.6. The fourth-order valence-corrected chi connectivity index (χ4v) is 4.76. The zero-order chi connectivity index (χ0) is 15.9. The molecule has 0 bridgehead atoms. The molecule has 0 spiro atoms. The van der Waals surface area contributed by atoms with Crippen molar-refractivity contribution in [3.8, 4) is 0 Å². The molecule has 0 aliphatic heterocycles. The van der Waals surface area contributed by atoms with E-state index in [1.807, 2.05) is 38.1 Å². The molecule has 0 fully saturated rings. The maximum absolute atomic E-state index is 12.1. The summed E-state index contributed by atoms with van der Waals surface area (Å²) in [6.45, 7) is 6.58. The highest BCUT2D eigenvalue weighted by Gasteiger charge is 2.16. The molecule has 0 saturated carbocycles. The SMILES string of the molecule is CCSc1nnc(S[C@@H](C)C(=O)NCc2ccc(C)cc2)s1. The number of thioether (sulfide) groups is 2. The first-order valence-corrected chi connectivity index (χ1v) is 9.73. The van der Waals surface area contributed by atoms with Gasteiger partial charge in [-0.3, -0.25) is 4.79 Å².